The Morgan fingerprint density at radius 3 is 1.07 bits per heavy atom. The molecule has 46 heavy (non-hydrogen) atoms. The van der Waals surface area contributed by atoms with Gasteiger partial charge in [0.15, 0.2) is 6.10 Å². The van der Waals surface area contributed by atoms with Crippen molar-refractivity contribution >= 4 is 17.9 Å². The Hall–Kier alpha value is -1.59. The number of hydrogen-bond donors (Lipinski definition) is 0. The summed E-state index contributed by atoms with van der Waals surface area (Å²) in [4.78, 5) is 37.2. The van der Waals surface area contributed by atoms with E-state index in [9.17, 15) is 14.4 Å². The first-order chi connectivity index (χ1) is 22.4. The Balaban J connectivity index is 4.24. The van der Waals surface area contributed by atoms with Crippen LogP contribution in [0.15, 0.2) is 0 Å². The van der Waals surface area contributed by atoms with E-state index in [4.69, 9.17) is 14.2 Å². The van der Waals surface area contributed by atoms with Crippen LogP contribution in [0.2, 0.25) is 0 Å². The van der Waals surface area contributed by atoms with Crippen molar-refractivity contribution in [2.24, 2.45) is 5.92 Å². The Bertz CT molecular complexity index is 691. The summed E-state index contributed by atoms with van der Waals surface area (Å²) in [7, 11) is 0. The highest BCUT2D eigenvalue weighted by Gasteiger charge is 2.19. The molecule has 0 bridgehead atoms. The maximum atomic E-state index is 12.6. The van der Waals surface area contributed by atoms with Gasteiger partial charge in [-0.1, -0.05) is 175 Å². The fourth-order valence-electron chi connectivity index (χ4n) is 5.74. The van der Waals surface area contributed by atoms with Crippen molar-refractivity contribution < 1.29 is 28.6 Å². The van der Waals surface area contributed by atoms with Crippen LogP contribution in [0.1, 0.15) is 214 Å². The van der Waals surface area contributed by atoms with Crippen LogP contribution in [0.5, 0.6) is 0 Å². The second kappa shape index (κ2) is 34.7. The molecule has 0 aromatic carbocycles. The molecule has 6 heteroatoms. The van der Waals surface area contributed by atoms with E-state index in [1.165, 1.54) is 103 Å². The normalized spacial score (nSPS) is 11.9. The first-order valence-electron chi connectivity index (χ1n) is 19.9. The summed E-state index contributed by atoms with van der Waals surface area (Å²) < 4.78 is 16.5. The predicted octanol–water partition coefficient (Wildman–Crippen LogP) is 12.0. The molecule has 0 saturated heterocycles. The minimum Gasteiger partial charge on any atom is -0.462 e. The van der Waals surface area contributed by atoms with Gasteiger partial charge in [0.05, 0.1) is 0 Å². The molecule has 0 aliphatic heterocycles. The summed E-state index contributed by atoms with van der Waals surface area (Å²) in [5, 5.41) is 0. The van der Waals surface area contributed by atoms with Crippen molar-refractivity contribution in [3.05, 3.63) is 0 Å². The Morgan fingerprint density at radius 2 is 0.717 bits per heavy atom. The monoisotopic (exact) mass is 653 g/mol. The van der Waals surface area contributed by atoms with Crippen LogP contribution in [-0.4, -0.2) is 37.2 Å². The highest BCUT2D eigenvalue weighted by Crippen LogP contribution is 2.15. The number of carbonyl (C=O) groups excluding carboxylic acids is 3. The van der Waals surface area contributed by atoms with E-state index < -0.39 is 6.10 Å². The predicted molar refractivity (Wildman–Crippen MR) is 192 cm³/mol. The van der Waals surface area contributed by atoms with Crippen molar-refractivity contribution in [3.63, 3.8) is 0 Å². The van der Waals surface area contributed by atoms with Crippen LogP contribution in [0.3, 0.4) is 0 Å². The minimum atomic E-state index is -0.756. The van der Waals surface area contributed by atoms with Gasteiger partial charge in [-0.05, 0) is 25.2 Å². The van der Waals surface area contributed by atoms with Crippen LogP contribution in [0.25, 0.3) is 0 Å². The molecule has 0 radical (unpaired) electrons. The number of unbranched alkanes of at least 4 members (excludes halogenated alkanes) is 22. The average Bonchev–Trinajstić information content (AvgIpc) is 3.03. The molecule has 6 nitrogen and oxygen atoms in total. The molecule has 0 aromatic rings. The van der Waals surface area contributed by atoms with Gasteiger partial charge in [0.1, 0.15) is 13.2 Å². The second-order valence-electron chi connectivity index (χ2n) is 14.0. The first kappa shape index (κ1) is 44.4. The van der Waals surface area contributed by atoms with Gasteiger partial charge in [0.2, 0.25) is 0 Å². The molecule has 0 aromatic heterocycles. The lowest BCUT2D eigenvalue weighted by molar-refractivity contribution is -0.167. The van der Waals surface area contributed by atoms with Crippen molar-refractivity contribution in [2.75, 3.05) is 13.2 Å². The molecule has 0 amide bonds. The zero-order valence-electron chi connectivity index (χ0n) is 31.0. The van der Waals surface area contributed by atoms with E-state index in [1.807, 2.05) is 0 Å². The summed E-state index contributed by atoms with van der Waals surface area (Å²) in [6, 6.07) is 0. The number of carbonyl (C=O) groups is 3. The highest BCUT2D eigenvalue weighted by molar-refractivity contribution is 5.71. The molecule has 0 spiro atoms. The van der Waals surface area contributed by atoms with E-state index in [-0.39, 0.29) is 31.1 Å². The molecule has 0 saturated carbocycles. The van der Waals surface area contributed by atoms with Crippen molar-refractivity contribution in [1.29, 1.82) is 0 Å². The lowest BCUT2D eigenvalue weighted by Crippen LogP contribution is -2.30. The van der Waals surface area contributed by atoms with Gasteiger partial charge in [0, 0.05) is 19.3 Å². The molecule has 0 aliphatic rings. The van der Waals surface area contributed by atoms with E-state index in [0.717, 1.165) is 70.1 Å². The summed E-state index contributed by atoms with van der Waals surface area (Å²) in [6.07, 6.45) is 31.2. The summed E-state index contributed by atoms with van der Waals surface area (Å²) in [5.41, 5.74) is 0. The van der Waals surface area contributed by atoms with Crippen LogP contribution >= 0.6 is 0 Å². The maximum absolute atomic E-state index is 12.6. The molecular formula is C40H76O6. The van der Waals surface area contributed by atoms with Gasteiger partial charge in [-0.25, -0.2) is 0 Å². The van der Waals surface area contributed by atoms with Crippen LogP contribution < -0.4 is 0 Å². The van der Waals surface area contributed by atoms with Gasteiger partial charge >= 0.3 is 17.9 Å². The van der Waals surface area contributed by atoms with Crippen LogP contribution in [0.4, 0.5) is 0 Å². The number of hydrogen-bond acceptors (Lipinski definition) is 6. The van der Waals surface area contributed by atoms with Crippen LogP contribution in [-0.2, 0) is 28.6 Å². The Kier molecular flexibility index (Phi) is 33.5. The fourth-order valence-corrected chi connectivity index (χ4v) is 5.74. The van der Waals surface area contributed by atoms with Crippen molar-refractivity contribution in [1.82, 2.24) is 0 Å². The molecule has 1 atom stereocenters. The third kappa shape index (κ3) is 33.8. The lowest BCUT2D eigenvalue weighted by atomic mass is 10.0. The zero-order valence-corrected chi connectivity index (χ0v) is 31.0. The van der Waals surface area contributed by atoms with Gasteiger partial charge in [-0.15, -0.1) is 0 Å². The maximum Gasteiger partial charge on any atom is 0.306 e. The summed E-state index contributed by atoms with van der Waals surface area (Å²) in [5.74, 6) is -0.101. The minimum absolute atomic E-state index is 0.0663. The van der Waals surface area contributed by atoms with Crippen molar-refractivity contribution in [3.8, 4) is 0 Å². The topological polar surface area (TPSA) is 78.9 Å². The average molecular weight is 653 g/mol. The number of ether oxygens (including phenoxy) is 3. The standard InChI is InChI=1S/C40H76O6/c1-5-7-9-11-12-13-14-15-16-17-20-24-28-32-39(42)45-35-37(34-44-38(41)31-27-22-10-8-6-2)46-40(43)33-29-25-21-18-19-23-26-30-36(3)4/h36-37H,5-35H2,1-4H3/t37-/m0/s1. The highest BCUT2D eigenvalue weighted by atomic mass is 16.6. The molecular weight excluding hydrogens is 576 g/mol. The number of rotatable bonds is 35. The van der Waals surface area contributed by atoms with E-state index in [1.54, 1.807) is 0 Å². The molecule has 0 fully saturated rings. The molecule has 0 heterocycles. The number of esters is 3. The van der Waals surface area contributed by atoms with Gasteiger partial charge < -0.3 is 14.2 Å². The van der Waals surface area contributed by atoms with Gasteiger partial charge in [-0.3, -0.25) is 14.4 Å². The third-order valence-electron chi connectivity index (χ3n) is 8.79. The smallest absolute Gasteiger partial charge is 0.306 e. The SMILES string of the molecule is CCCCCCCCCCCCCCCC(=O)OC[C@H](COC(=O)CCCCCCC)OC(=O)CCCCCCCCCC(C)C. The zero-order chi connectivity index (χ0) is 33.9. The van der Waals surface area contributed by atoms with E-state index >= 15 is 0 Å². The molecule has 0 unspecified atom stereocenters. The van der Waals surface area contributed by atoms with Crippen molar-refractivity contribution in [2.45, 2.75) is 220 Å². The molecule has 0 N–H and O–H groups in total. The lowest BCUT2D eigenvalue weighted by Gasteiger charge is -2.18. The van der Waals surface area contributed by atoms with Gasteiger partial charge in [0.25, 0.3) is 0 Å². The van der Waals surface area contributed by atoms with Crippen LogP contribution in [0, 0.1) is 5.92 Å². The molecule has 272 valence electrons. The van der Waals surface area contributed by atoms with E-state index in [0.29, 0.717) is 19.3 Å². The fraction of sp³-hybridized carbons (Fsp3) is 0.925. The summed E-state index contributed by atoms with van der Waals surface area (Å²) >= 11 is 0. The Labute approximate surface area is 285 Å². The first-order valence-corrected chi connectivity index (χ1v) is 19.9. The van der Waals surface area contributed by atoms with E-state index in [2.05, 4.69) is 27.7 Å². The molecule has 0 rings (SSSR count). The summed E-state index contributed by atoms with van der Waals surface area (Å²) in [6.45, 7) is 8.84. The second-order valence-corrected chi connectivity index (χ2v) is 14.0. The quantitative estimate of drug-likeness (QED) is 0.0385. The third-order valence-corrected chi connectivity index (χ3v) is 8.79. The molecule has 0 aliphatic carbocycles. The Morgan fingerprint density at radius 1 is 0.413 bits per heavy atom. The largest absolute Gasteiger partial charge is 0.462 e. The van der Waals surface area contributed by atoms with Gasteiger partial charge in [-0.2, -0.15) is 0 Å².